The molecule has 0 bridgehead atoms. The highest BCUT2D eigenvalue weighted by Gasteiger charge is 2.09. The van der Waals surface area contributed by atoms with Gasteiger partial charge in [-0.05, 0) is 36.2 Å². The first-order chi connectivity index (χ1) is 8.66. The molecule has 18 heavy (non-hydrogen) atoms. The fourth-order valence-electron chi connectivity index (χ4n) is 1.73. The Hall–Kier alpha value is -1.31. The van der Waals surface area contributed by atoms with Gasteiger partial charge in [0.1, 0.15) is 0 Å². The lowest BCUT2D eigenvalue weighted by Crippen LogP contribution is -2.01. The number of aryl methyl sites for hydroxylation is 1. The van der Waals surface area contributed by atoms with Gasteiger partial charge in [0.05, 0.1) is 5.02 Å². The SMILES string of the molecule is O=C(CCc1ccc(Cl)cc1)c1ccccc1Cl. The van der Waals surface area contributed by atoms with Crippen LogP contribution in [0.15, 0.2) is 48.5 Å². The van der Waals surface area contributed by atoms with Gasteiger partial charge in [-0.25, -0.2) is 0 Å². The number of rotatable bonds is 4. The summed E-state index contributed by atoms with van der Waals surface area (Å²) in [5.74, 6) is 0.0653. The number of hydrogen-bond acceptors (Lipinski definition) is 1. The van der Waals surface area contributed by atoms with Crippen LogP contribution in [0.1, 0.15) is 22.3 Å². The molecule has 0 spiro atoms. The molecule has 0 aromatic heterocycles. The number of carbonyl (C=O) groups is 1. The van der Waals surface area contributed by atoms with Crippen molar-refractivity contribution in [3.63, 3.8) is 0 Å². The summed E-state index contributed by atoms with van der Waals surface area (Å²) in [4.78, 5) is 12.0. The van der Waals surface area contributed by atoms with E-state index in [9.17, 15) is 4.79 Å². The van der Waals surface area contributed by atoms with Crippen LogP contribution < -0.4 is 0 Å². The Morgan fingerprint density at radius 1 is 0.944 bits per heavy atom. The Morgan fingerprint density at radius 2 is 1.61 bits per heavy atom. The maximum Gasteiger partial charge on any atom is 0.164 e. The van der Waals surface area contributed by atoms with Gasteiger partial charge in [0.25, 0.3) is 0 Å². The van der Waals surface area contributed by atoms with E-state index in [1.165, 1.54) is 0 Å². The number of Topliss-reactive ketones (excluding diaryl/α,β-unsaturated/α-hetero) is 1. The van der Waals surface area contributed by atoms with Crippen molar-refractivity contribution in [2.75, 3.05) is 0 Å². The summed E-state index contributed by atoms with van der Waals surface area (Å²) >= 11 is 11.8. The molecule has 0 amide bonds. The Kier molecular flexibility index (Phi) is 4.40. The largest absolute Gasteiger partial charge is 0.294 e. The lowest BCUT2D eigenvalue weighted by atomic mass is 10.0. The Bertz CT molecular complexity index is 547. The fraction of sp³-hybridized carbons (Fsp3) is 0.133. The zero-order valence-electron chi connectivity index (χ0n) is 9.70. The fourth-order valence-corrected chi connectivity index (χ4v) is 2.10. The second kappa shape index (κ2) is 6.03. The van der Waals surface area contributed by atoms with Crippen molar-refractivity contribution in [3.05, 3.63) is 69.7 Å². The van der Waals surface area contributed by atoms with Gasteiger partial charge in [-0.2, -0.15) is 0 Å². The third-order valence-electron chi connectivity index (χ3n) is 2.73. The third-order valence-corrected chi connectivity index (χ3v) is 3.31. The molecule has 0 aliphatic carbocycles. The van der Waals surface area contributed by atoms with Gasteiger partial charge in [-0.3, -0.25) is 4.79 Å². The minimum absolute atomic E-state index is 0.0653. The molecule has 0 aliphatic heterocycles. The lowest BCUT2D eigenvalue weighted by Gasteiger charge is -2.03. The molecule has 0 N–H and O–H groups in total. The smallest absolute Gasteiger partial charge is 0.164 e. The standard InChI is InChI=1S/C15H12Cl2O/c16-12-8-5-11(6-9-12)7-10-15(18)13-3-1-2-4-14(13)17/h1-6,8-9H,7,10H2. The predicted molar refractivity (Wildman–Crippen MR) is 75.6 cm³/mol. The number of carbonyl (C=O) groups excluding carboxylic acids is 1. The van der Waals surface area contributed by atoms with E-state index in [1.807, 2.05) is 36.4 Å². The second-order valence-electron chi connectivity index (χ2n) is 4.03. The minimum Gasteiger partial charge on any atom is -0.294 e. The molecule has 0 radical (unpaired) electrons. The lowest BCUT2D eigenvalue weighted by molar-refractivity contribution is 0.0983. The first-order valence-corrected chi connectivity index (χ1v) is 6.44. The second-order valence-corrected chi connectivity index (χ2v) is 4.87. The molecule has 2 rings (SSSR count). The van der Waals surface area contributed by atoms with Gasteiger partial charge in [0.2, 0.25) is 0 Å². The minimum atomic E-state index is 0.0653. The van der Waals surface area contributed by atoms with E-state index in [0.717, 1.165) is 5.56 Å². The van der Waals surface area contributed by atoms with Crippen molar-refractivity contribution in [3.8, 4) is 0 Å². The molecule has 0 atom stereocenters. The summed E-state index contributed by atoms with van der Waals surface area (Å²) in [6.45, 7) is 0. The summed E-state index contributed by atoms with van der Waals surface area (Å²) in [7, 11) is 0. The first kappa shape index (κ1) is 13.1. The molecule has 3 heteroatoms. The van der Waals surface area contributed by atoms with E-state index < -0.39 is 0 Å². The van der Waals surface area contributed by atoms with Crippen molar-refractivity contribution in [1.82, 2.24) is 0 Å². The van der Waals surface area contributed by atoms with Gasteiger partial charge in [0, 0.05) is 17.0 Å². The average molecular weight is 279 g/mol. The summed E-state index contributed by atoms with van der Waals surface area (Å²) in [5.41, 5.74) is 1.69. The summed E-state index contributed by atoms with van der Waals surface area (Å²) < 4.78 is 0. The summed E-state index contributed by atoms with van der Waals surface area (Å²) in [5, 5.41) is 1.22. The van der Waals surface area contributed by atoms with Gasteiger partial charge in [-0.15, -0.1) is 0 Å². The molecule has 2 aromatic rings. The van der Waals surface area contributed by atoms with E-state index in [0.29, 0.717) is 28.5 Å². The summed E-state index contributed by atoms with van der Waals surface area (Å²) in [6, 6.07) is 14.7. The van der Waals surface area contributed by atoms with Gasteiger partial charge < -0.3 is 0 Å². The Balaban J connectivity index is 2.01. The highest BCUT2D eigenvalue weighted by molar-refractivity contribution is 6.34. The quantitative estimate of drug-likeness (QED) is 0.734. The monoisotopic (exact) mass is 278 g/mol. The first-order valence-electron chi connectivity index (χ1n) is 5.69. The van der Waals surface area contributed by atoms with E-state index in [1.54, 1.807) is 12.1 Å². The average Bonchev–Trinajstić information content (AvgIpc) is 2.38. The van der Waals surface area contributed by atoms with Crippen molar-refractivity contribution in [1.29, 1.82) is 0 Å². The van der Waals surface area contributed by atoms with Crippen LogP contribution in [0.4, 0.5) is 0 Å². The van der Waals surface area contributed by atoms with Crippen molar-refractivity contribution >= 4 is 29.0 Å². The van der Waals surface area contributed by atoms with Crippen LogP contribution in [0.2, 0.25) is 10.0 Å². The van der Waals surface area contributed by atoms with Crippen molar-refractivity contribution in [2.24, 2.45) is 0 Å². The predicted octanol–water partition coefficient (Wildman–Crippen LogP) is 4.81. The maximum atomic E-state index is 12.0. The molecular weight excluding hydrogens is 267 g/mol. The van der Waals surface area contributed by atoms with E-state index in [4.69, 9.17) is 23.2 Å². The topological polar surface area (TPSA) is 17.1 Å². The molecule has 0 unspecified atom stereocenters. The zero-order valence-corrected chi connectivity index (χ0v) is 11.2. The van der Waals surface area contributed by atoms with Crippen LogP contribution in [0.3, 0.4) is 0 Å². The van der Waals surface area contributed by atoms with Crippen molar-refractivity contribution < 1.29 is 4.79 Å². The molecule has 0 aliphatic rings. The van der Waals surface area contributed by atoms with Crippen LogP contribution in [0, 0.1) is 0 Å². The highest BCUT2D eigenvalue weighted by Crippen LogP contribution is 2.18. The van der Waals surface area contributed by atoms with E-state index in [2.05, 4.69) is 0 Å². The number of benzene rings is 2. The van der Waals surface area contributed by atoms with Gasteiger partial charge >= 0.3 is 0 Å². The van der Waals surface area contributed by atoms with Crippen molar-refractivity contribution in [2.45, 2.75) is 12.8 Å². The molecule has 1 nitrogen and oxygen atoms in total. The van der Waals surface area contributed by atoms with Gasteiger partial charge in [0.15, 0.2) is 5.78 Å². The van der Waals surface area contributed by atoms with E-state index in [-0.39, 0.29) is 5.78 Å². The number of ketones is 1. The normalized spacial score (nSPS) is 10.3. The molecule has 92 valence electrons. The molecule has 0 heterocycles. The third kappa shape index (κ3) is 3.34. The van der Waals surface area contributed by atoms with Crippen LogP contribution in [-0.2, 0) is 6.42 Å². The Labute approximate surface area is 116 Å². The van der Waals surface area contributed by atoms with Crippen LogP contribution in [-0.4, -0.2) is 5.78 Å². The van der Waals surface area contributed by atoms with E-state index >= 15 is 0 Å². The number of halogens is 2. The zero-order chi connectivity index (χ0) is 13.0. The van der Waals surface area contributed by atoms with Crippen LogP contribution >= 0.6 is 23.2 Å². The molecule has 0 fully saturated rings. The van der Waals surface area contributed by atoms with Gasteiger partial charge in [-0.1, -0.05) is 47.5 Å². The molecular formula is C15H12Cl2O. The highest BCUT2D eigenvalue weighted by atomic mass is 35.5. The number of hydrogen-bond donors (Lipinski definition) is 0. The maximum absolute atomic E-state index is 12.0. The van der Waals surface area contributed by atoms with Crippen LogP contribution in [0.25, 0.3) is 0 Å². The van der Waals surface area contributed by atoms with Crippen LogP contribution in [0.5, 0.6) is 0 Å². The Morgan fingerprint density at radius 3 is 2.28 bits per heavy atom. The summed E-state index contributed by atoms with van der Waals surface area (Å²) in [6.07, 6.45) is 1.15. The molecule has 0 saturated carbocycles. The molecule has 2 aromatic carbocycles. The molecule has 0 saturated heterocycles.